The highest BCUT2D eigenvalue weighted by Gasteiger charge is 2.36. The highest BCUT2D eigenvalue weighted by Crippen LogP contribution is 2.37. The number of carbonyl (C=O) groups excluding carboxylic acids is 1. The fourth-order valence-electron chi connectivity index (χ4n) is 3.29. The molecule has 1 unspecified atom stereocenters. The number of nitrogens with zero attached hydrogens (tertiary/aromatic N) is 1. The molecule has 1 heterocycles. The van der Waals surface area contributed by atoms with Crippen molar-refractivity contribution in [1.29, 1.82) is 0 Å². The zero-order valence-corrected chi connectivity index (χ0v) is 10.8. The Bertz CT molecular complexity index is 410. The molecule has 2 nitrogen and oxygen atoms in total. The van der Waals surface area contributed by atoms with Crippen LogP contribution in [0.2, 0.25) is 0 Å². The maximum atomic E-state index is 12.4. The Hall–Kier alpha value is -1.31. The second-order valence-electron chi connectivity index (χ2n) is 5.65. The van der Waals surface area contributed by atoms with Gasteiger partial charge in [0.1, 0.15) is 0 Å². The molecule has 18 heavy (non-hydrogen) atoms. The molecule has 0 spiro atoms. The Morgan fingerprint density at radius 2 is 1.89 bits per heavy atom. The van der Waals surface area contributed by atoms with E-state index in [2.05, 4.69) is 4.90 Å². The van der Waals surface area contributed by atoms with Crippen molar-refractivity contribution in [3.05, 3.63) is 35.9 Å². The van der Waals surface area contributed by atoms with E-state index in [1.54, 1.807) is 0 Å². The molecule has 0 aromatic heterocycles. The number of amides is 1. The summed E-state index contributed by atoms with van der Waals surface area (Å²) in [6, 6.07) is 10.7. The predicted octanol–water partition coefficient (Wildman–Crippen LogP) is 3.02. The molecule has 3 rings (SSSR count). The molecule has 1 atom stereocenters. The van der Waals surface area contributed by atoms with E-state index < -0.39 is 0 Å². The van der Waals surface area contributed by atoms with Gasteiger partial charge in [0.25, 0.3) is 0 Å². The summed E-state index contributed by atoms with van der Waals surface area (Å²) in [5.41, 5.74) is 1.14. The van der Waals surface area contributed by atoms with Gasteiger partial charge in [0, 0.05) is 12.6 Å². The maximum absolute atomic E-state index is 12.4. The average Bonchev–Trinajstić information content (AvgIpc) is 2.77. The monoisotopic (exact) mass is 243 g/mol. The molecule has 0 radical (unpaired) electrons. The van der Waals surface area contributed by atoms with Crippen molar-refractivity contribution in [3.63, 3.8) is 0 Å². The maximum Gasteiger partial charge on any atom is 0.227 e. The molecule has 1 aliphatic heterocycles. The molecule has 1 aromatic rings. The second-order valence-corrected chi connectivity index (χ2v) is 5.65. The van der Waals surface area contributed by atoms with E-state index in [9.17, 15) is 4.79 Å². The van der Waals surface area contributed by atoms with Gasteiger partial charge >= 0.3 is 0 Å². The first-order valence-electron chi connectivity index (χ1n) is 7.18. The summed E-state index contributed by atoms with van der Waals surface area (Å²) >= 11 is 0. The van der Waals surface area contributed by atoms with Crippen molar-refractivity contribution in [3.8, 4) is 0 Å². The SMILES string of the molecule is O=C(Cc1ccccc1)N1CCCC1C1CCC1. The Labute approximate surface area is 109 Å². The lowest BCUT2D eigenvalue weighted by Gasteiger charge is -2.37. The fourth-order valence-corrected chi connectivity index (χ4v) is 3.29. The summed E-state index contributed by atoms with van der Waals surface area (Å²) in [7, 11) is 0. The van der Waals surface area contributed by atoms with Crippen LogP contribution in [0.5, 0.6) is 0 Å². The van der Waals surface area contributed by atoms with Crippen LogP contribution < -0.4 is 0 Å². The molecule has 0 bridgehead atoms. The van der Waals surface area contributed by atoms with Crippen molar-refractivity contribution in [2.75, 3.05) is 6.54 Å². The first-order valence-corrected chi connectivity index (χ1v) is 7.18. The fraction of sp³-hybridized carbons (Fsp3) is 0.562. The van der Waals surface area contributed by atoms with E-state index in [1.807, 2.05) is 30.3 Å². The van der Waals surface area contributed by atoms with E-state index in [4.69, 9.17) is 0 Å². The smallest absolute Gasteiger partial charge is 0.227 e. The number of rotatable bonds is 3. The summed E-state index contributed by atoms with van der Waals surface area (Å²) in [5, 5.41) is 0. The number of benzene rings is 1. The molecule has 1 aliphatic carbocycles. The topological polar surface area (TPSA) is 20.3 Å². The Kier molecular flexibility index (Phi) is 3.35. The minimum absolute atomic E-state index is 0.329. The van der Waals surface area contributed by atoms with E-state index in [0.717, 1.165) is 18.0 Å². The minimum Gasteiger partial charge on any atom is -0.339 e. The van der Waals surface area contributed by atoms with Crippen molar-refractivity contribution in [1.82, 2.24) is 4.90 Å². The molecule has 96 valence electrons. The minimum atomic E-state index is 0.329. The molecule has 2 aliphatic rings. The summed E-state index contributed by atoms with van der Waals surface area (Å²) in [6.45, 7) is 0.979. The molecule has 1 saturated heterocycles. The summed E-state index contributed by atoms with van der Waals surface area (Å²) in [6.07, 6.45) is 7.03. The number of hydrogen-bond donors (Lipinski definition) is 0. The van der Waals surface area contributed by atoms with Crippen LogP contribution in [0.4, 0.5) is 0 Å². The normalized spacial score (nSPS) is 24.0. The van der Waals surface area contributed by atoms with Gasteiger partial charge in [0.05, 0.1) is 6.42 Å². The van der Waals surface area contributed by atoms with Crippen LogP contribution in [0, 0.1) is 5.92 Å². The van der Waals surface area contributed by atoms with Crippen LogP contribution in [-0.2, 0) is 11.2 Å². The van der Waals surface area contributed by atoms with Gasteiger partial charge in [0.15, 0.2) is 0 Å². The summed E-state index contributed by atoms with van der Waals surface area (Å²) in [5.74, 6) is 1.13. The predicted molar refractivity (Wildman–Crippen MR) is 72.2 cm³/mol. The molecule has 2 fully saturated rings. The molecule has 1 aromatic carbocycles. The quantitative estimate of drug-likeness (QED) is 0.799. The first kappa shape index (κ1) is 11.8. The lowest BCUT2D eigenvalue weighted by Crippen LogP contribution is -2.43. The molecule has 1 amide bonds. The third-order valence-electron chi connectivity index (χ3n) is 4.51. The number of hydrogen-bond acceptors (Lipinski definition) is 1. The van der Waals surface area contributed by atoms with E-state index >= 15 is 0 Å². The zero-order valence-electron chi connectivity index (χ0n) is 10.8. The molecular formula is C16H21NO. The molecule has 0 N–H and O–H groups in total. The van der Waals surface area contributed by atoms with Gasteiger partial charge in [-0.15, -0.1) is 0 Å². The van der Waals surface area contributed by atoms with Gasteiger partial charge < -0.3 is 4.90 Å². The lowest BCUT2D eigenvalue weighted by atomic mass is 9.78. The number of carbonyl (C=O) groups is 1. The van der Waals surface area contributed by atoms with Crippen LogP contribution in [-0.4, -0.2) is 23.4 Å². The average molecular weight is 243 g/mol. The van der Waals surface area contributed by atoms with Gasteiger partial charge in [0.2, 0.25) is 5.91 Å². The third-order valence-corrected chi connectivity index (χ3v) is 4.51. The molecule has 2 heteroatoms. The number of likely N-dealkylation sites (tertiary alicyclic amines) is 1. The third kappa shape index (κ3) is 2.29. The Morgan fingerprint density at radius 3 is 2.56 bits per heavy atom. The van der Waals surface area contributed by atoms with Crippen LogP contribution in [0.15, 0.2) is 30.3 Å². The molecule has 1 saturated carbocycles. The Balaban J connectivity index is 1.64. The van der Waals surface area contributed by atoms with Crippen LogP contribution in [0.1, 0.15) is 37.7 Å². The van der Waals surface area contributed by atoms with E-state index in [-0.39, 0.29) is 0 Å². The summed E-state index contributed by atoms with van der Waals surface area (Å²) < 4.78 is 0. The van der Waals surface area contributed by atoms with Gasteiger partial charge in [-0.3, -0.25) is 4.79 Å². The van der Waals surface area contributed by atoms with Crippen LogP contribution in [0.25, 0.3) is 0 Å². The van der Waals surface area contributed by atoms with E-state index in [1.165, 1.54) is 32.1 Å². The van der Waals surface area contributed by atoms with Crippen LogP contribution in [0.3, 0.4) is 0 Å². The molecular weight excluding hydrogens is 222 g/mol. The van der Waals surface area contributed by atoms with Crippen molar-refractivity contribution in [2.24, 2.45) is 5.92 Å². The van der Waals surface area contributed by atoms with Gasteiger partial charge in [-0.2, -0.15) is 0 Å². The summed E-state index contributed by atoms with van der Waals surface area (Å²) in [4.78, 5) is 14.6. The van der Waals surface area contributed by atoms with Crippen LogP contribution >= 0.6 is 0 Å². The van der Waals surface area contributed by atoms with Crippen molar-refractivity contribution < 1.29 is 4.79 Å². The lowest BCUT2D eigenvalue weighted by molar-refractivity contribution is -0.132. The largest absolute Gasteiger partial charge is 0.339 e. The van der Waals surface area contributed by atoms with Gasteiger partial charge in [-0.25, -0.2) is 0 Å². The standard InChI is InChI=1S/C16H21NO/c18-16(12-13-6-2-1-3-7-13)17-11-5-10-15(17)14-8-4-9-14/h1-3,6-7,14-15H,4-5,8-12H2. The highest BCUT2D eigenvalue weighted by molar-refractivity contribution is 5.79. The Morgan fingerprint density at radius 1 is 1.11 bits per heavy atom. The van der Waals surface area contributed by atoms with Gasteiger partial charge in [-0.05, 0) is 37.2 Å². The zero-order chi connectivity index (χ0) is 12.4. The highest BCUT2D eigenvalue weighted by atomic mass is 16.2. The van der Waals surface area contributed by atoms with E-state index in [0.29, 0.717) is 18.4 Å². The van der Waals surface area contributed by atoms with Gasteiger partial charge in [-0.1, -0.05) is 36.8 Å². The second kappa shape index (κ2) is 5.13. The van der Waals surface area contributed by atoms with Crippen molar-refractivity contribution in [2.45, 2.75) is 44.6 Å². The first-order chi connectivity index (χ1) is 8.84. The van der Waals surface area contributed by atoms with Crippen molar-refractivity contribution >= 4 is 5.91 Å².